The molecule has 0 aromatic carbocycles. The fourth-order valence-electron chi connectivity index (χ4n) is 3.91. The first-order valence-corrected chi connectivity index (χ1v) is 10.3. The summed E-state index contributed by atoms with van der Waals surface area (Å²) in [6.07, 6.45) is 11.7. The minimum atomic E-state index is -3.17. The molecule has 1 saturated carbocycles. The Balaban J connectivity index is 1.66. The van der Waals surface area contributed by atoms with Crippen LogP contribution in [0.2, 0.25) is 0 Å². The maximum absolute atomic E-state index is 12.8. The van der Waals surface area contributed by atoms with Gasteiger partial charge in [0.1, 0.15) is 0 Å². The van der Waals surface area contributed by atoms with Crippen molar-refractivity contribution in [1.29, 1.82) is 0 Å². The molecule has 0 amide bonds. The topological polar surface area (TPSA) is 66.1 Å². The van der Waals surface area contributed by atoms with E-state index in [2.05, 4.69) is 10.2 Å². The summed E-state index contributed by atoms with van der Waals surface area (Å²) in [4.78, 5) is 0. The summed E-state index contributed by atoms with van der Waals surface area (Å²) in [7, 11) is -3.17. The SMILES string of the molecule is O=S(=O)(CCC1CCCCC1)N1CCCCC1c1ccn[nH]1. The second-order valence-corrected chi connectivity index (χ2v) is 8.78. The van der Waals surface area contributed by atoms with Crippen LogP contribution in [0.25, 0.3) is 0 Å². The Bertz CT molecular complexity index is 550. The van der Waals surface area contributed by atoms with Gasteiger partial charge in [0.05, 0.1) is 17.5 Å². The van der Waals surface area contributed by atoms with Crippen molar-refractivity contribution in [3.63, 3.8) is 0 Å². The molecule has 22 heavy (non-hydrogen) atoms. The molecule has 2 heterocycles. The van der Waals surface area contributed by atoms with Crippen molar-refractivity contribution in [3.8, 4) is 0 Å². The van der Waals surface area contributed by atoms with E-state index in [0.29, 0.717) is 18.2 Å². The molecular weight excluding hydrogens is 298 g/mol. The van der Waals surface area contributed by atoms with Gasteiger partial charge in [0.25, 0.3) is 0 Å². The average molecular weight is 325 g/mol. The molecule has 1 aromatic heterocycles. The monoisotopic (exact) mass is 325 g/mol. The maximum Gasteiger partial charge on any atom is 0.214 e. The quantitative estimate of drug-likeness (QED) is 0.904. The van der Waals surface area contributed by atoms with Crippen LogP contribution in [-0.4, -0.2) is 35.2 Å². The predicted molar refractivity (Wildman–Crippen MR) is 86.9 cm³/mol. The van der Waals surface area contributed by atoms with Gasteiger partial charge in [0.15, 0.2) is 0 Å². The highest BCUT2D eigenvalue weighted by Crippen LogP contribution is 2.33. The lowest BCUT2D eigenvalue weighted by Gasteiger charge is -2.34. The fraction of sp³-hybridized carbons (Fsp3) is 0.812. The number of nitrogens with zero attached hydrogens (tertiary/aromatic N) is 2. The average Bonchev–Trinajstić information content (AvgIpc) is 3.08. The minimum Gasteiger partial charge on any atom is -0.281 e. The number of piperidine rings is 1. The van der Waals surface area contributed by atoms with Gasteiger partial charge in [-0.3, -0.25) is 5.10 Å². The summed E-state index contributed by atoms with van der Waals surface area (Å²) in [5.41, 5.74) is 0.931. The maximum atomic E-state index is 12.8. The Hall–Kier alpha value is -0.880. The fourth-order valence-corrected chi connectivity index (χ4v) is 5.79. The van der Waals surface area contributed by atoms with Gasteiger partial charge in [0, 0.05) is 12.7 Å². The third-order valence-corrected chi connectivity index (χ3v) is 7.10. The lowest BCUT2D eigenvalue weighted by molar-refractivity contribution is 0.249. The normalized spacial score (nSPS) is 25.4. The molecule has 3 rings (SSSR count). The van der Waals surface area contributed by atoms with Crippen LogP contribution in [0.4, 0.5) is 0 Å². The smallest absolute Gasteiger partial charge is 0.214 e. The highest BCUT2D eigenvalue weighted by atomic mass is 32.2. The molecule has 0 spiro atoms. The summed E-state index contributed by atoms with van der Waals surface area (Å²) in [5, 5.41) is 6.95. The van der Waals surface area contributed by atoms with Crippen LogP contribution in [0, 0.1) is 5.92 Å². The molecule has 6 heteroatoms. The Morgan fingerprint density at radius 2 is 1.91 bits per heavy atom. The van der Waals surface area contributed by atoms with Crippen molar-refractivity contribution < 1.29 is 8.42 Å². The zero-order chi connectivity index (χ0) is 15.4. The van der Waals surface area contributed by atoms with E-state index in [-0.39, 0.29) is 6.04 Å². The lowest BCUT2D eigenvalue weighted by Crippen LogP contribution is -2.40. The molecule has 1 aromatic rings. The lowest BCUT2D eigenvalue weighted by atomic mass is 9.88. The van der Waals surface area contributed by atoms with Gasteiger partial charge in [-0.2, -0.15) is 9.40 Å². The Morgan fingerprint density at radius 3 is 2.64 bits per heavy atom. The van der Waals surface area contributed by atoms with Crippen molar-refractivity contribution in [3.05, 3.63) is 18.0 Å². The summed E-state index contributed by atoms with van der Waals surface area (Å²) in [5.74, 6) is 0.918. The summed E-state index contributed by atoms with van der Waals surface area (Å²) < 4.78 is 27.4. The molecule has 0 bridgehead atoms. The number of aromatic nitrogens is 2. The van der Waals surface area contributed by atoms with E-state index in [9.17, 15) is 8.42 Å². The van der Waals surface area contributed by atoms with Gasteiger partial charge in [-0.1, -0.05) is 38.5 Å². The van der Waals surface area contributed by atoms with Crippen LogP contribution >= 0.6 is 0 Å². The zero-order valence-corrected chi connectivity index (χ0v) is 14.0. The van der Waals surface area contributed by atoms with Gasteiger partial charge < -0.3 is 0 Å². The standard InChI is InChI=1S/C16H27N3O2S/c20-22(21,13-10-14-6-2-1-3-7-14)19-12-5-4-8-16(19)15-9-11-17-18-15/h9,11,14,16H,1-8,10,12-13H2,(H,17,18). The molecule has 2 fully saturated rings. The first kappa shape index (κ1) is 16.0. The Labute approximate surface area is 133 Å². The Kier molecular flexibility index (Phi) is 5.18. The van der Waals surface area contributed by atoms with E-state index < -0.39 is 10.0 Å². The number of sulfonamides is 1. The number of hydrogen-bond acceptors (Lipinski definition) is 3. The number of H-pyrrole nitrogens is 1. The molecule has 5 nitrogen and oxygen atoms in total. The summed E-state index contributed by atoms with van der Waals surface area (Å²) >= 11 is 0. The molecule has 1 aliphatic carbocycles. The largest absolute Gasteiger partial charge is 0.281 e. The van der Waals surface area contributed by atoms with Gasteiger partial charge >= 0.3 is 0 Å². The second kappa shape index (κ2) is 7.13. The Morgan fingerprint density at radius 1 is 1.14 bits per heavy atom. The third kappa shape index (κ3) is 3.71. The van der Waals surface area contributed by atoms with Gasteiger partial charge in [0.2, 0.25) is 10.0 Å². The number of aromatic amines is 1. The minimum absolute atomic E-state index is 0.0485. The van der Waals surface area contributed by atoms with Crippen LogP contribution in [-0.2, 0) is 10.0 Å². The molecule has 0 radical (unpaired) electrons. The van der Waals surface area contributed by atoms with E-state index in [0.717, 1.165) is 31.4 Å². The van der Waals surface area contributed by atoms with Crippen molar-refractivity contribution in [2.24, 2.45) is 5.92 Å². The highest BCUT2D eigenvalue weighted by Gasteiger charge is 2.34. The van der Waals surface area contributed by atoms with Gasteiger partial charge in [-0.15, -0.1) is 0 Å². The van der Waals surface area contributed by atoms with Gasteiger partial charge in [-0.25, -0.2) is 8.42 Å². The molecule has 2 aliphatic rings. The summed E-state index contributed by atoms with van der Waals surface area (Å²) in [6, 6.07) is 1.85. The van der Waals surface area contributed by atoms with E-state index >= 15 is 0 Å². The van der Waals surface area contributed by atoms with Crippen LogP contribution in [0.3, 0.4) is 0 Å². The number of nitrogens with one attached hydrogen (secondary N) is 1. The van der Waals surface area contributed by atoms with E-state index in [4.69, 9.17) is 0 Å². The second-order valence-electron chi connectivity index (χ2n) is 6.74. The highest BCUT2D eigenvalue weighted by molar-refractivity contribution is 7.89. The molecule has 1 aliphatic heterocycles. The molecular formula is C16H27N3O2S. The summed E-state index contributed by atoms with van der Waals surface area (Å²) in [6.45, 7) is 0.649. The molecule has 1 atom stereocenters. The number of rotatable bonds is 5. The van der Waals surface area contributed by atoms with Crippen molar-refractivity contribution >= 4 is 10.0 Å². The molecule has 1 N–H and O–H groups in total. The van der Waals surface area contributed by atoms with Crippen molar-refractivity contribution in [1.82, 2.24) is 14.5 Å². The predicted octanol–water partition coefficient (Wildman–Crippen LogP) is 3.24. The molecule has 1 saturated heterocycles. The molecule has 1 unspecified atom stereocenters. The first-order valence-electron chi connectivity index (χ1n) is 8.65. The van der Waals surface area contributed by atoms with Crippen molar-refractivity contribution in [2.45, 2.75) is 63.8 Å². The van der Waals surface area contributed by atoms with E-state index in [1.54, 1.807) is 10.5 Å². The zero-order valence-electron chi connectivity index (χ0n) is 13.2. The third-order valence-electron chi connectivity index (χ3n) is 5.20. The number of hydrogen-bond donors (Lipinski definition) is 1. The van der Waals surface area contributed by atoms with Crippen LogP contribution < -0.4 is 0 Å². The van der Waals surface area contributed by atoms with Crippen LogP contribution in [0.15, 0.2) is 12.3 Å². The first-order chi connectivity index (χ1) is 10.7. The molecule has 124 valence electrons. The van der Waals surface area contributed by atoms with E-state index in [1.165, 1.54) is 32.1 Å². The van der Waals surface area contributed by atoms with E-state index in [1.807, 2.05) is 6.07 Å². The van der Waals surface area contributed by atoms with Gasteiger partial charge in [-0.05, 0) is 31.2 Å². The van der Waals surface area contributed by atoms with Crippen LogP contribution in [0.1, 0.15) is 69.5 Å². The van der Waals surface area contributed by atoms with Crippen LogP contribution in [0.5, 0.6) is 0 Å². The van der Waals surface area contributed by atoms with Crippen molar-refractivity contribution in [2.75, 3.05) is 12.3 Å².